The van der Waals surface area contributed by atoms with Gasteiger partial charge in [-0.25, -0.2) is 0 Å². The second-order valence-electron chi connectivity index (χ2n) is 4.09. The maximum Gasteiger partial charge on any atom is 0.235 e. The summed E-state index contributed by atoms with van der Waals surface area (Å²) in [6.07, 6.45) is 0. The Hall–Kier alpha value is -1.20. The van der Waals surface area contributed by atoms with Crippen molar-refractivity contribution < 1.29 is 14.1 Å². The maximum atomic E-state index is 11.9. The molecule has 1 aromatic rings. The Kier molecular flexibility index (Phi) is 6.01. The highest BCUT2D eigenvalue weighted by atomic mass is 32.2. The zero-order valence-corrected chi connectivity index (χ0v) is 11.4. The molecule has 0 aromatic heterocycles. The van der Waals surface area contributed by atoms with Crippen LogP contribution in [0.1, 0.15) is 25.5 Å². The molecule has 1 rings (SSSR count). The molecule has 0 saturated heterocycles. The molecule has 3 atom stereocenters. The minimum Gasteiger partial charge on any atom is -0.395 e. The highest BCUT2D eigenvalue weighted by Crippen LogP contribution is 2.11. The van der Waals surface area contributed by atoms with Gasteiger partial charge in [0.25, 0.3) is 0 Å². The number of amides is 1. The lowest BCUT2D eigenvalue weighted by molar-refractivity contribution is -0.121. The summed E-state index contributed by atoms with van der Waals surface area (Å²) in [4.78, 5) is 11.9. The summed E-state index contributed by atoms with van der Waals surface area (Å²) >= 11 is 0. The first-order chi connectivity index (χ1) is 8.56. The van der Waals surface area contributed by atoms with E-state index in [1.54, 1.807) is 6.92 Å². The van der Waals surface area contributed by atoms with Gasteiger partial charge in [0, 0.05) is 16.6 Å². The lowest BCUT2D eigenvalue weighted by Crippen LogP contribution is -2.38. The molecule has 1 amide bonds. The number of carbonyl (C=O) groups excluding carboxylic acids is 1. The predicted octanol–water partition coefficient (Wildman–Crippen LogP) is 0.993. The summed E-state index contributed by atoms with van der Waals surface area (Å²) in [5.74, 6) is -0.118. The Morgan fingerprint density at radius 1 is 1.33 bits per heavy atom. The average molecular weight is 269 g/mol. The van der Waals surface area contributed by atoms with Crippen molar-refractivity contribution in [1.29, 1.82) is 0 Å². The Labute approximate surface area is 110 Å². The van der Waals surface area contributed by atoms with Crippen molar-refractivity contribution in [3.8, 4) is 0 Å². The Balaban J connectivity index is 2.57. The molecule has 0 aliphatic rings. The molecule has 18 heavy (non-hydrogen) atoms. The summed E-state index contributed by atoms with van der Waals surface area (Å²) < 4.78 is 11.6. The van der Waals surface area contributed by atoms with Crippen LogP contribution in [0.5, 0.6) is 0 Å². The highest BCUT2D eigenvalue weighted by molar-refractivity contribution is 7.86. The van der Waals surface area contributed by atoms with Crippen molar-refractivity contribution in [2.45, 2.75) is 25.1 Å². The van der Waals surface area contributed by atoms with Gasteiger partial charge < -0.3 is 10.4 Å². The molecule has 0 aliphatic carbocycles. The molecule has 4 nitrogen and oxygen atoms in total. The van der Waals surface area contributed by atoms with Crippen molar-refractivity contribution in [3.63, 3.8) is 0 Å². The monoisotopic (exact) mass is 269 g/mol. The van der Waals surface area contributed by atoms with Crippen LogP contribution in [-0.4, -0.2) is 32.8 Å². The van der Waals surface area contributed by atoms with Crippen LogP contribution in [0.4, 0.5) is 0 Å². The normalized spacial score (nSPS) is 15.7. The lowest BCUT2D eigenvalue weighted by atomic mass is 10.1. The van der Waals surface area contributed by atoms with E-state index in [1.807, 2.05) is 37.3 Å². The quantitative estimate of drug-likeness (QED) is 0.809. The van der Waals surface area contributed by atoms with Crippen molar-refractivity contribution in [2.24, 2.45) is 0 Å². The van der Waals surface area contributed by atoms with Crippen molar-refractivity contribution >= 4 is 16.7 Å². The molecule has 0 fully saturated rings. The van der Waals surface area contributed by atoms with Gasteiger partial charge in [0.2, 0.25) is 5.91 Å². The van der Waals surface area contributed by atoms with Crippen molar-refractivity contribution in [2.75, 3.05) is 12.4 Å². The molecule has 0 heterocycles. The third-order valence-corrected chi connectivity index (χ3v) is 4.30. The summed E-state index contributed by atoms with van der Waals surface area (Å²) in [7, 11) is -1.33. The van der Waals surface area contributed by atoms with Crippen LogP contribution < -0.4 is 5.32 Å². The molecule has 0 spiro atoms. The molecule has 1 aromatic carbocycles. The first-order valence-electron chi connectivity index (χ1n) is 5.89. The third kappa shape index (κ3) is 4.23. The Morgan fingerprint density at radius 2 is 1.94 bits per heavy atom. The van der Waals surface area contributed by atoms with Gasteiger partial charge in [0.05, 0.1) is 12.6 Å². The summed E-state index contributed by atoms with van der Waals surface area (Å²) in [5, 5.41) is 10.9. The number of rotatable bonds is 6. The fraction of sp³-hybridized carbons (Fsp3) is 0.462. The summed E-state index contributed by atoms with van der Waals surface area (Å²) in [6.45, 7) is 3.33. The summed E-state index contributed by atoms with van der Waals surface area (Å²) in [5.41, 5.74) is 1.01. The zero-order valence-electron chi connectivity index (χ0n) is 10.6. The van der Waals surface area contributed by atoms with Gasteiger partial charge in [-0.05, 0) is 19.4 Å². The van der Waals surface area contributed by atoms with E-state index in [0.717, 1.165) is 5.56 Å². The van der Waals surface area contributed by atoms with Crippen LogP contribution in [0.2, 0.25) is 0 Å². The number of hydrogen-bond acceptors (Lipinski definition) is 3. The zero-order chi connectivity index (χ0) is 13.5. The molecule has 5 heteroatoms. The number of nitrogens with one attached hydrogen (secondary N) is 1. The molecular formula is C13H19NO3S. The van der Waals surface area contributed by atoms with Gasteiger partial charge in [-0.1, -0.05) is 30.3 Å². The van der Waals surface area contributed by atoms with E-state index in [9.17, 15) is 9.00 Å². The number of aliphatic hydroxyl groups is 1. The molecule has 0 bridgehead atoms. The molecule has 2 N–H and O–H groups in total. The third-order valence-electron chi connectivity index (χ3n) is 2.71. The lowest BCUT2D eigenvalue weighted by Gasteiger charge is -2.17. The van der Waals surface area contributed by atoms with E-state index in [4.69, 9.17) is 5.11 Å². The van der Waals surface area contributed by atoms with Gasteiger partial charge >= 0.3 is 0 Å². The van der Waals surface area contributed by atoms with E-state index >= 15 is 0 Å². The molecule has 0 aliphatic heterocycles. The predicted molar refractivity (Wildman–Crippen MR) is 72.6 cm³/mol. The van der Waals surface area contributed by atoms with Crippen LogP contribution >= 0.6 is 0 Å². The van der Waals surface area contributed by atoms with Gasteiger partial charge in [0.15, 0.2) is 0 Å². The first-order valence-corrected chi connectivity index (χ1v) is 7.27. The maximum absolute atomic E-state index is 11.9. The molecule has 3 unspecified atom stereocenters. The van der Waals surface area contributed by atoms with Crippen LogP contribution in [0, 0.1) is 0 Å². The molecular weight excluding hydrogens is 250 g/mol. The minimum absolute atomic E-state index is 0.118. The topological polar surface area (TPSA) is 66.4 Å². The van der Waals surface area contributed by atoms with E-state index in [0.29, 0.717) is 0 Å². The fourth-order valence-electron chi connectivity index (χ4n) is 1.54. The second-order valence-corrected chi connectivity index (χ2v) is 5.97. The van der Waals surface area contributed by atoms with Crippen LogP contribution in [0.3, 0.4) is 0 Å². The molecule has 0 saturated carbocycles. The largest absolute Gasteiger partial charge is 0.395 e. The van der Waals surface area contributed by atoms with E-state index in [1.165, 1.54) is 0 Å². The van der Waals surface area contributed by atoms with E-state index in [-0.39, 0.29) is 24.3 Å². The average Bonchev–Trinajstić information content (AvgIpc) is 2.39. The smallest absolute Gasteiger partial charge is 0.235 e. The van der Waals surface area contributed by atoms with Crippen molar-refractivity contribution in [3.05, 3.63) is 35.9 Å². The Bertz CT molecular complexity index is 408. The van der Waals surface area contributed by atoms with Gasteiger partial charge in [0.1, 0.15) is 5.25 Å². The van der Waals surface area contributed by atoms with Crippen LogP contribution in [0.25, 0.3) is 0 Å². The molecule has 100 valence electrons. The Morgan fingerprint density at radius 3 is 2.50 bits per heavy atom. The second kappa shape index (κ2) is 7.28. The number of carbonyl (C=O) groups is 1. The van der Waals surface area contributed by atoms with Gasteiger partial charge in [-0.2, -0.15) is 0 Å². The fourth-order valence-corrected chi connectivity index (χ4v) is 2.38. The number of benzene rings is 1. The van der Waals surface area contributed by atoms with Crippen LogP contribution in [0.15, 0.2) is 30.3 Å². The summed E-state index contributed by atoms with van der Waals surface area (Å²) in [6, 6.07) is 9.47. The highest BCUT2D eigenvalue weighted by Gasteiger charge is 2.21. The van der Waals surface area contributed by atoms with Crippen LogP contribution in [-0.2, 0) is 15.6 Å². The standard InChI is InChI=1S/C13H19NO3S/c1-10(12-6-4-3-5-7-12)14-13(16)11(2)18(17)9-8-15/h3-7,10-11,15H,8-9H2,1-2H3,(H,14,16). The first kappa shape index (κ1) is 14.9. The van der Waals surface area contributed by atoms with E-state index < -0.39 is 16.0 Å². The minimum atomic E-state index is -1.33. The van der Waals surface area contributed by atoms with E-state index in [2.05, 4.69) is 5.32 Å². The number of hydrogen-bond donors (Lipinski definition) is 2. The SMILES string of the molecule is CC(NC(=O)C(C)S(=O)CCO)c1ccccc1. The van der Waals surface area contributed by atoms with Gasteiger partial charge in [-0.15, -0.1) is 0 Å². The number of aliphatic hydroxyl groups excluding tert-OH is 1. The van der Waals surface area contributed by atoms with Gasteiger partial charge in [-0.3, -0.25) is 9.00 Å². The molecule has 0 radical (unpaired) electrons. The van der Waals surface area contributed by atoms with Crippen molar-refractivity contribution in [1.82, 2.24) is 5.32 Å².